The topological polar surface area (TPSA) is 79.8 Å². The highest BCUT2D eigenvalue weighted by atomic mass is 16.1. The molecule has 0 aliphatic heterocycles. The lowest BCUT2D eigenvalue weighted by molar-refractivity contribution is 0.0948. The molecule has 0 aliphatic rings. The van der Waals surface area contributed by atoms with Gasteiger partial charge < -0.3 is 10.6 Å². The molecule has 1 aromatic carbocycles. The Kier molecular flexibility index (Phi) is 6.25. The monoisotopic (exact) mass is 347 g/mol. The molecular weight excluding hydrogens is 326 g/mol. The van der Waals surface area contributed by atoms with Gasteiger partial charge in [0.1, 0.15) is 11.5 Å². The van der Waals surface area contributed by atoms with E-state index in [1.807, 2.05) is 30.3 Å². The minimum absolute atomic E-state index is 0.204. The Hall–Kier alpha value is -3.28. The van der Waals surface area contributed by atoms with Crippen LogP contribution in [0.25, 0.3) is 0 Å². The summed E-state index contributed by atoms with van der Waals surface area (Å²) < 4.78 is 0. The van der Waals surface area contributed by atoms with Crippen molar-refractivity contribution in [3.8, 4) is 0 Å². The quantitative estimate of drug-likeness (QED) is 0.613. The summed E-state index contributed by atoms with van der Waals surface area (Å²) in [6.45, 7) is 1.21. The van der Waals surface area contributed by atoms with Crippen molar-refractivity contribution in [3.63, 3.8) is 0 Å². The molecule has 2 heterocycles. The summed E-state index contributed by atoms with van der Waals surface area (Å²) in [5, 5.41) is 6.03. The van der Waals surface area contributed by atoms with Crippen LogP contribution >= 0.6 is 0 Å². The number of carbonyl (C=O) groups is 1. The third-order valence-electron chi connectivity index (χ3n) is 3.85. The van der Waals surface area contributed by atoms with Crippen molar-refractivity contribution in [2.75, 3.05) is 11.9 Å². The number of benzene rings is 1. The molecule has 6 heteroatoms. The van der Waals surface area contributed by atoms with Crippen LogP contribution in [0.2, 0.25) is 0 Å². The van der Waals surface area contributed by atoms with E-state index < -0.39 is 0 Å². The summed E-state index contributed by atoms with van der Waals surface area (Å²) in [6, 6.07) is 14.1. The second kappa shape index (κ2) is 9.27. The van der Waals surface area contributed by atoms with Crippen molar-refractivity contribution in [2.45, 2.75) is 19.4 Å². The smallest absolute Gasteiger partial charge is 0.271 e. The summed E-state index contributed by atoms with van der Waals surface area (Å²) in [5.41, 5.74) is 2.64. The van der Waals surface area contributed by atoms with Gasteiger partial charge in [-0.3, -0.25) is 9.78 Å². The van der Waals surface area contributed by atoms with E-state index in [0.29, 0.717) is 24.6 Å². The van der Waals surface area contributed by atoms with E-state index in [4.69, 9.17) is 0 Å². The predicted molar refractivity (Wildman–Crippen MR) is 101 cm³/mol. The first-order valence-corrected chi connectivity index (χ1v) is 8.58. The number of aryl methyl sites for hydroxylation is 1. The van der Waals surface area contributed by atoms with Crippen LogP contribution in [0.4, 0.5) is 5.82 Å². The molecule has 3 rings (SSSR count). The van der Waals surface area contributed by atoms with Crippen molar-refractivity contribution >= 4 is 11.7 Å². The van der Waals surface area contributed by atoms with E-state index in [-0.39, 0.29) is 5.91 Å². The Morgan fingerprint density at radius 1 is 0.923 bits per heavy atom. The Bertz CT molecular complexity index is 807. The van der Waals surface area contributed by atoms with E-state index in [1.54, 1.807) is 18.6 Å². The van der Waals surface area contributed by atoms with Crippen LogP contribution in [0.3, 0.4) is 0 Å². The van der Waals surface area contributed by atoms with E-state index in [0.717, 1.165) is 18.4 Å². The zero-order valence-electron chi connectivity index (χ0n) is 14.4. The molecule has 2 N–H and O–H groups in total. The summed E-state index contributed by atoms with van der Waals surface area (Å²) in [5.74, 6) is 0.416. The summed E-state index contributed by atoms with van der Waals surface area (Å²) >= 11 is 0. The van der Waals surface area contributed by atoms with Gasteiger partial charge in [-0.15, -0.1) is 0 Å². The molecule has 0 saturated heterocycles. The Morgan fingerprint density at radius 3 is 2.50 bits per heavy atom. The van der Waals surface area contributed by atoms with E-state index >= 15 is 0 Å². The minimum atomic E-state index is -0.204. The molecule has 0 spiro atoms. The average Bonchev–Trinajstić information content (AvgIpc) is 2.71. The number of carbonyl (C=O) groups excluding carboxylic acids is 1. The molecule has 0 radical (unpaired) electrons. The van der Waals surface area contributed by atoms with Crippen molar-refractivity contribution < 1.29 is 4.79 Å². The highest BCUT2D eigenvalue weighted by Gasteiger charge is 2.07. The lowest BCUT2D eigenvalue weighted by Gasteiger charge is -2.07. The number of anilines is 1. The predicted octanol–water partition coefficient (Wildman–Crippen LogP) is 2.85. The minimum Gasteiger partial charge on any atom is -0.365 e. The van der Waals surface area contributed by atoms with Crippen molar-refractivity contribution in [1.29, 1.82) is 0 Å². The standard InChI is InChI=1S/C20H21N5O/c26-20(22-11-5-8-16-6-2-1-3-7-16)18-14-25-19(15-23-18)24-13-17-9-4-10-21-12-17/h1-4,6-7,9-10,12,14-15H,5,8,11,13H2,(H,22,26)(H,24,25). The highest BCUT2D eigenvalue weighted by Crippen LogP contribution is 2.05. The van der Waals surface area contributed by atoms with Gasteiger partial charge in [-0.05, 0) is 30.0 Å². The number of pyridine rings is 1. The zero-order chi connectivity index (χ0) is 18.0. The van der Waals surface area contributed by atoms with E-state index in [1.165, 1.54) is 11.8 Å². The molecule has 0 bridgehead atoms. The SMILES string of the molecule is O=C(NCCCc1ccccc1)c1cnc(NCc2cccnc2)cn1. The second-order valence-corrected chi connectivity index (χ2v) is 5.85. The summed E-state index contributed by atoms with van der Waals surface area (Å²) in [4.78, 5) is 24.6. The largest absolute Gasteiger partial charge is 0.365 e. The van der Waals surface area contributed by atoms with Gasteiger partial charge in [-0.25, -0.2) is 9.97 Å². The first kappa shape index (κ1) is 17.5. The van der Waals surface area contributed by atoms with Gasteiger partial charge in [0, 0.05) is 25.5 Å². The Labute approximate surface area is 152 Å². The molecule has 0 unspecified atom stereocenters. The number of hydrogen-bond donors (Lipinski definition) is 2. The lowest BCUT2D eigenvalue weighted by atomic mass is 10.1. The van der Waals surface area contributed by atoms with E-state index in [2.05, 4.69) is 37.7 Å². The molecule has 6 nitrogen and oxygen atoms in total. The fraction of sp³-hybridized carbons (Fsp3) is 0.200. The summed E-state index contributed by atoms with van der Waals surface area (Å²) in [6.07, 6.45) is 8.39. The van der Waals surface area contributed by atoms with Gasteiger partial charge in [0.05, 0.1) is 12.4 Å². The van der Waals surface area contributed by atoms with E-state index in [9.17, 15) is 4.79 Å². The molecule has 2 aromatic heterocycles. The van der Waals surface area contributed by atoms with Crippen LogP contribution in [-0.2, 0) is 13.0 Å². The normalized spacial score (nSPS) is 10.3. The van der Waals surface area contributed by atoms with Crippen molar-refractivity contribution in [3.05, 3.63) is 84.1 Å². The molecule has 26 heavy (non-hydrogen) atoms. The van der Waals surface area contributed by atoms with Gasteiger partial charge >= 0.3 is 0 Å². The Balaban J connectivity index is 1.41. The fourth-order valence-electron chi connectivity index (χ4n) is 2.46. The van der Waals surface area contributed by atoms with Crippen molar-refractivity contribution in [2.24, 2.45) is 0 Å². The number of amides is 1. The highest BCUT2D eigenvalue weighted by molar-refractivity contribution is 5.91. The molecule has 1 amide bonds. The summed E-state index contributed by atoms with van der Waals surface area (Å²) in [7, 11) is 0. The Morgan fingerprint density at radius 2 is 1.77 bits per heavy atom. The lowest BCUT2D eigenvalue weighted by Crippen LogP contribution is -2.25. The maximum Gasteiger partial charge on any atom is 0.271 e. The van der Waals surface area contributed by atoms with Crippen LogP contribution in [0.5, 0.6) is 0 Å². The van der Waals surface area contributed by atoms with Gasteiger partial charge in [0.2, 0.25) is 0 Å². The molecule has 0 saturated carbocycles. The molecule has 0 fully saturated rings. The van der Waals surface area contributed by atoms with Gasteiger partial charge in [-0.2, -0.15) is 0 Å². The molecule has 3 aromatic rings. The van der Waals surface area contributed by atoms with Crippen LogP contribution in [0.15, 0.2) is 67.3 Å². The van der Waals surface area contributed by atoms with Gasteiger partial charge in [0.15, 0.2) is 0 Å². The van der Waals surface area contributed by atoms with Gasteiger partial charge in [0.25, 0.3) is 5.91 Å². The number of rotatable bonds is 8. The average molecular weight is 347 g/mol. The molecule has 132 valence electrons. The first-order chi connectivity index (χ1) is 12.8. The molecular formula is C20H21N5O. The van der Waals surface area contributed by atoms with Gasteiger partial charge in [-0.1, -0.05) is 36.4 Å². The van der Waals surface area contributed by atoms with Crippen LogP contribution < -0.4 is 10.6 Å². The maximum absolute atomic E-state index is 12.1. The number of hydrogen-bond acceptors (Lipinski definition) is 5. The third kappa shape index (κ3) is 5.37. The third-order valence-corrected chi connectivity index (χ3v) is 3.85. The fourth-order valence-corrected chi connectivity index (χ4v) is 2.46. The van der Waals surface area contributed by atoms with Crippen LogP contribution in [0.1, 0.15) is 28.0 Å². The maximum atomic E-state index is 12.1. The zero-order valence-corrected chi connectivity index (χ0v) is 14.4. The van der Waals surface area contributed by atoms with Crippen LogP contribution in [-0.4, -0.2) is 27.4 Å². The second-order valence-electron chi connectivity index (χ2n) is 5.85. The molecule has 0 atom stereocenters. The number of nitrogens with zero attached hydrogens (tertiary/aromatic N) is 3. The number of nitrogens with one attached hydrogen (secondary N) is 2. The van der Waals surface area contributed by atoms with Crippen LogP contribution in [0, 0.1) is 0 Å². The molecule has 0 aliphatic carbocycles. The van der Waals surface area contributed by atoms with Crippen molar-refractivity contribution in [1.82, 2.24) is 20.3 Å². The number of aromatic nitrogens is 3. The first-order valence-electron chi connectivity index (χ1n) is 8.58.